The first-order valence-electron chi connectivity index (χ1n) is 8.16. The van der Waals surface area contributed by atoms with E-state index < -0.39 is 0 Å². The maximum atomic E-state index is 13.1. The molecule has 0 saturated carbocycles. The molecule has 24 heavy (non-hydrogen) atoms. The summed E-state index contributed by atoms with van der Waals surface area (Å²) in [6.07, 6.45) is 3.19. The Morgan fingerprint density at radius 2 is 1.79 bits per heavy atom. The average Bonchev–Trinajstić information content (AvgIpc) is 2.60. The van der Waals surface area contributed by atoms with E-state index in [-0.39, 0.29) is 11.7 Å². The number of benzene rings is 2. The van der Waals surface area contributed by atoms with Gasteiger partial charge in [-0.1, -0.05) is 30.3 Å². The normalized spacial score (nSPS) is 15.1. The fourth-order valence-electron chi connectivity index (χ4n) is 2.97. The van der Waals surface area contributed by atoms with E-state index in [1.807, 2.05) is 17.0 Å². The predicted octanol–water partition coefficient (Wildman–Crippen LogP) is 3.50. The number of carbonyl (C=O) groups excluding carboxylic acids is 1. The van der Waals surface area contributed by atoms with Gasteiger partial charge in [-0.3, -0.25) is 4.79 Å². The van der Waals surface area contributed by atoms with Crippen LogP contribution in [0.3, 0.4) is 0 Å². The predicted molar refractivity (Wildman–Crippen MR) is 95.4 cm³/mol. The summed E-state index contributed by atoms with van der Waals surface area (Å²) >= 11 is 0. The largest absolute Gasteiger partial charge is 0.368 e. The summed E-state index contributed by atoms with van der Waals surface area (Å²) in [5, 5.41) is 0. The molecule has 3 rings (SSSR count). The van der Waals surface area contributed by atoms with Gasteiger partial charge in [0.1, 0.15) is 5.82 Å². The maximum Gasteiger partial charge on any atom is 0.246 e. The standard InChI is InChI=1S/C20H21FN2O/c1-16-5-2-3-8-19(16)22-11-13-23(14-12-22)20(24)10-9-17-6-4-7-18(21)15-17/h2-10,15H,11-14H2,1H3/b10-9+. The highest BCUT2D eigenvalue weighted by Gasteiger charge is 2.20. The second kappa shape index (κ2) is 7.30. The number of halogens is 1. The smallest absolute Gasteiger partial charge is 0.246 e. The van der Waals surface area contributed by atoms with Crippen molar-refractivity contribution in [1.29, 1.82) is 0 Å². The molecule has 2 aromatic rings. The molecule has 1 fully saturated rings. The Kier molecular flexibility index (Phi) is 4.94. The minimum absolute atomic E-state index is 0.0244. The molecule has 3 nitrogen and oxygen atoms in total. The molecule has 0 radical (unpaired) electrons. The first kappa shape index (κ1) is 16.2. The molecule has 0 bridgehead atoms. The third-order valence-corrected chi connectivity index (χ3v) is 4.31. The molecular weight excluding hydrogens is 303 g/mol. The van der Waals surface area contributed by atoms with Crippen molar-refractivity contribution in [3.8, 4) is 0 Å². The molecule has 2 aromatic carbocycles. The van der Waals surface area contributed by atoms with Crippen molar-refractivity contribution in [2.45, 2.75) is 6.92 Å². The zero-order chi connectivity index (χ0) is 16.9. The lowest BCUT2D eigenvalue weighted by Crippen LogP contribution is -2.48. The lowest BCUT2D eigenvalue weighted by molar-refractivity contribution is -0.126. The van der Waals surface area contributed by atoms with Gasteiger partial charge < -0.3 is 9.80 Å². The molecule has 1 saturated heterocycles. The zero-order valence-electron chi connectivity index (χ0n) is 13.8. The van der Waals surface area contributed by atoms with E-state index in [0.717, 1.165) is 13.1 Å². The summed E-state index contributed by atoms with van der Waals surface area (Å²) in [5.74, 6) is -0.319. The molecule has 0 aromatic heterocycles. The molecule has 124 valence electrons. The Balaban J connectivity index is 1.58. The molecular formula is C20H21FN2O. The van der Waals surface area contributed by atoms with Crippen LogP contribution in [0.1, 0.15) is 11.1 Å². The van der Waals surface area contributed by atoms with Crippen molar-refractivity contribution in [3.63, 3.8) is 0 Å². The monoisotopic (exact) mass is 324 g/mol. The molecule has 1 aliphatic heterocycles. The molecule has 1 amide bonds. The quantitative estimate of drug-likeness (QED) is 0.807. The van der Waals surface area contributed by atoms with Gasteiger partial charge >= 0.3 is 0 Å². The van der Waals surface area contributed by atoms with Crippen molar-refractivity contribution < 1.29 is 9.18 Å². The molecule has 4 heteroatoms. The lowest BCUT2D eigenvalue weighted by Gasteiger charge is -2.36. The Morgan fingerprint density at radius 1 is 1.04 bits per heavy atom. The van der Waals surface area contributed by atoms with Gasteiger partial charge in [-0.05, 0) is 42.3 Å². The number of amides is 1. The molecule has 0 spiro atoms. The van der Waals surface area contributed by atoms with E-state index in [1.54, 1.807) is 18.2 Å². The summed E-state index contributed by atoms with van der Waals surface area (Å²) in [7, 11) is 0. The van der Waals surface area contributed by atoms with E-state index in [1.165, 1.54) is 29.5 Å². The fourth-order valence-corrected chi connectivity index (χ4v) is 2.97. The number of para-hydroxylation sites is 1. The van der Waals surface area contributed by atoms with Gasteiger partial charge in [-0.25, -0.2) is 4.39 Å². The number of nitrogens with zero attached hydrogens (tertiary/aromatic N) is 2. The number of aryl methyl sites for hydroxylation is 1. The van der Waals surface area contributed by atoms with Crippen LogP contribution in [-0.2, 0) is 4.79 Å². The van der Waals surface area contributed by atoms with Crippen molar-refractivity contribution in [3.05, 3.63) is 71.6 Å². The number of rotatable bonds is 3. The minimum Gasteiger partial charge on any atom is -0.368 e. The first-order valence-corrected chi connectivity index (χ1v) is 8.16. The van der Waals surface area contributed by atoms with Gasteiger partial charge in [0.15, 0.2) is 0 Å². The zero-order valence-corrected chi connectivity index (χ0v) is 13.8. The van der Waals surface area contributed by atoms with Crippen LogP contribution in [0.25, 0.3) is 6.08 Å². The summed E-state index contributed by atoms with van der Waals surface area (Å²) in [6.45, 7) is 5.14. The number of piperazine rings is 1. The third-order valence-electron chi connectivity index (χ3n) is 4.31. The van der Waals surface area contributed by atoms with E-state index in [4.69, 9.17) is 0 Å². The van der Waals surface area contributed by atoms with Crippen molar-refractivity contribution in [2.24, 2.45) is 0 Å². The average molecular weight is 324 g/mol. The van der Waals surface area contributed by atoms with Gasteiger partial charge in [-0.2, -0.15) is 0 Å². The summed E-state index contributed by atoms with van der Waals surface area (Å²) in [6, 6.07) is 14.5. The Bertz CT molecular complexity index is 749. The summed E-state index contributed by atoms with van der Waals surface area (Å²) in [4.78, 5) is 16.4. The van der Waals surface area contributed by atoms with Crippen molar-refractivity contribution in [1.82, 2.24) is 4.90 Å². The molecule has 0 aliphatic carbocycles. The molecule has 0 N–H and O–H groups in total. The molecule has 1 aliphatic rings. The van der Waals surface area contributed by atoms with Gasteiger partial charge in [0.05, 0.1) is 0 Å². The van der Waals surface area contributed by atoms with Crippen LogP contribution in [0, 0.1) is 12.7 Å². The van der Waals surface area contributed by atoms with Gasteiger partial charge in [0.2, 0.25) is 5.91 Å². The highest BCUT2D eigenvalue weighted by atomic mass is 19.1. The third kappa shape index (κ3) is 3.82. The van der Waals surface area contributed by atoms with Crippen LogP contribution in [0.2, 0.25) is 0 Å². The second-order valence-electron chi connectivity index (χ2n) is 5.99. The molecule has 0 atom stereocenters. The second-order valence-corrected chi connectivity index (χ2v) is 5.99. The highest BCUT2D eigenvalue weighted by molar-refractivity contribution is 5.92. The van der Waals surface area contributed by atoms with Crippen LogP contribution >= 0.6 is 0 Å². The van der Waals surface area contributed by atoms with Crippen LogP contribution in [0.5, 0.6) is 0 Å². The number of hydrogen-bond donors (Lipinski definition) is 0. The maximum absolute atomic E-state index is 13.1. The number of anilines is 1. The SMILES string of the molecule is Cc1ccccc1N1CCN(C(=O)/C=C/c2cccc(F)c2)CC1. The van der Waals surface area contributed by atoms with Crippen LogP contribution in [0.4, 0.5) is 10.1 Å². The van der Waals surface area contributed by atoms with Crippen LogP contribution in [0.15, 0.2) is 54.6 Å². The summed E-state index contributed by atoms with van der Waals surface area (Å²) < 4.78 is 13.1. The summed E-state index contributed by atoms with van der Waals surface area (Å²) in [5.41, 5.74) is 3.19. The van der Waals surface area contributed by atoms with Crippen molar-refractivity contribution >= 4 is 17.7 Å². The van der Waals surface area contributed by atoms with Gasteiger partial charge in [0.25, 0.3) is 0 Å². The minimum atomic E-state index is -0.295. The van der Waals surface area contributed by atoms with E-state index >= 15 is 0 Å². The Labute approximate surface area is 142 Å². The van der Waals surface area contributed by atoms with Crippen molar-refractivity contribution in [2.75, 3.05) is 31.1 Å². The topological polar surface area (TPSA) is 23.6 Å². The van der Waals surface area contributed by atoms with Gasteiger partial charge in [0, 0.05) is 37.9 Å². The van der Waals surface area contributed by atoms with E-state index in [2.05, 4.69) is 24.0 Å². The van der Waals surface area contributed by atoms with E-state index in [0.29, 0.717) is 18.7 Å². The number of carbonyl (C=O) groups is 1. The van der Waals surface area contributed by atoms with Crippen LogP contribution in [-0.4, -0.2) is 37.0 Å². The Morgan fingerprint density at radius 3 is 2.50 bits per heavy atom. The molecule has 1 heterocycles. The van der Waals surface area contributed by atoms with E-state index in [9.17, 15) is 9.18 Å². The first-order chi connectivity index (χ1) is 11.6. The number of hydrogen-bond acceptors (Lipinski definition) is 2. The Hall–Kier alpha value is -2.62. The lowest BCUT2D eigenvalue weighted by atomic mass is 10.1. The fraction of sp³-hybridized carbons (Fsp3) is 0.250. The molecule has 0 unspecified atom stereocenters. The highest BCUT2D eigenvalue weighted by Crippen LogP contribution is 2.20. The van der Waals surface area contributed by atoms with Gasteiger partial charge in [-0.15, -0.1) is 0 Å². The van der Waals surface area contributed by atoms with Crippen LogP contribution < -0.4 is 4.90 Å².